The second kappa shape index (κ2) is 16.2. The van der Waals surface area contributed by atoms with Crippen LogP contribution in [0.4, 0.5) is 0 Å². The highest BCUT2D eigenvalue weighted by atomic mass is 16.8. The van der Waals surface area contributed by atoms with Crippen LogP contribution in [0, 0.1) is 5.92 Å². The van der Waals surface area contributed by atoms with Gasteiger partial charge >= 0.3 is 0 Å². The van der Waals surface area contributed by atoms with Crippen molar-refractivity contribution in [3.05, 3.63) is 0 Å². The Labute approximate surface area is 285 Å². The van der Waals surface area contributed by atoms with Gasteiger partial charge in [-0.05, 0) is 41.5 Å². The van der Waals surface area contributed by atoms with Crippen LogP contribution in [0.15, 0.2) is 0 Å². The van der Waals surface area contributed by atoms with Crippen molar-refractivity contribution in [2.24, 2.45) is 5.92 Å². The van der Waals surface area contributed by atoms with Gasteiger partial charge in [0.05, 0.1) is 42.5 Å². The van der Waals surface area contributed by atoms with Crippen LogP contribution in [0.25, 0.3) is 0 Å². The van der Waals surface area contributed by atoms with Crippen molar-refractivity contribution in [3.63, 3.8) is 0 Å². The van der Waals surface area contributed by atoms with Crippen molar-refractivity contribution in [2.45, 2.75) is 177 Å². The summed E-state index contributed by atoms with van der Waals surface area (Å²) in [7, 11) is 1.42. The fourth-order valence-corrected chi connectivity index (χ4v) is 6.74. The third-order valence-corrected chi connectivity index (χ3v) is 9.64. The maximum Gasteiger partial charge on any atom is 0.223 e. The molecule has 9 N–H and O–H groups in total. The van der Waals surface area contributed by atoms with Gasteiger partial charge in [-0.3, -0.25) is 4.79 Å². The van der Waals surface area contributed by atoms with E-state index in [-0.39, 0.29) is 18.2 Å². The van der Waals surface area contributed by atoms with Gasteiger partial charge in [0.15, 0.2) is 25.2 Å². The van der Waals surface area contributed by atoms with Crippen LogP contribution in [0.2, 0.25) is 0 Å². The third-order valence-electron chi connectivity index (χ3n) is 9.64. The zero-order chi connectivity index (χ0) is 36.7. The van der Waals surface area contributed by atoms with E-state index in [0.717, 1.165) is 0 Å². The second-order valence-electron chi connectivity index (χ2n) is 14.2. The molecule has 4 aliphatic rings. The molecule has 0 aliphatic carbocycles. The minimum absolute atomic E-state index is 0.135. The molecule has 20 atom stereocenters. The summed E-state index contributed by atoms with van der Waals surface area (Å²) >= 11 is 0. The Morgan fingerprint density at radius 2 is 1.06 bits per heavy atom. The molecule has 18 nitrogen and oxygen atoms in total. The summed E-state index contributed by atoms with van der Waals surface area (Å²) in [6.07, 6.45) is -24.3. The number of amides is 1. The number of rotatable bonds is 10. The summed E-state index contributed by atoms with van der Waals surface area (Å²) in [6.45, 7) is 11.0. The monoisotopic (exact) mass is 713 g/mol. The lowest BCUT2D eigenvalue weighted by molar-refractivity contribution is -0.385. The molecule has 0 aromatic rings. The first-order chi connectivity index (χ1) is 22.7. The first-order valence-corrected chi connectivity index (χ1v) is 16.6. The van der Waals surface area contributed by atoms with E-state index in [9.17, 15) is 45.6 Å². The van der Waals surface area contributed by atoms with Crippen LogP contribution in [0.3, 0.4) is 0 Å². The summed E-state index contributed by atoms with van der Waals surface area (Å²) < 4.78 is 45.9. The predicted octanol–water partition coefficient (Wildman–Crippen LogP) is -3.42. The van der Waals surface area contributed by atoms with Crippen LogP contribution < -0.4 is 5.32 Å². The van der Waals surface area contributed by atoms with E-state index in [1.165, 1.54) is 41.7 Å². The highest BCUT2D eigenvalue weighted by Crippen LogP contribution is 2.35. The van der Waals surface area contributed by atoms with Gasteiger partial charge in [-0.1, -0.05) is 6.92 Å². The third kappa shape index (κ3) is 9.08. The number of carbonyl (C=O) groups excluding carboxylic acids is 1. The number of aliphatic hydroxyl groups excluding tert-OH is 7. The average molecular weight is 714 g/mol. The molecule has 4 heterocycles. The van der Waals surface area contributed by atoms with Gasteiger partial charge in [-0.2, -0.15) is 0 Å². The van der Waals surface area contributed by atoms with E-state index in [2.05, 4.69) is 5.32 Å². The van der Waals surface area contributed by atoms with Crippen molar-refractivity contribution >= 4 is 5.91 Å². The van der Waals surface area contributed by atoms with Crippen molar-refractivity contribution in [2.75, 3.05) is 7.11 Å². The van der Waals surface area contributed by atoms with Gasteiger partial charge in [-0.15, -0.1) is 0 Å². The quantitative estimate of drug-likeness (QED) is 0.107. The van der Waals surface area contributed by atoms with E-state index in [0.29, 0.717) is 0 Å². The highest BCUT2D eigenvalue weighted by molar-refractivity contribution is 5.77. The largest absolute Gasteiger partial charge is 0.390 e. The fraction of sp³-hybridized carbons (Fsp3) is 0.968. The topological polar surface area (TPSA) is 265 Å². The molecule has 0 aromatic carbocycles. The van der Waals surface area contributed by atoms with E-state index in [1.807, 2.05) is 6.92 Å². The van der Waals surface area contributed by atoms with Crippen molar-refractivity contribution in [1.82, 2.24) is 5.32 Å². The van der Waals surface area contributed by atoms with E-state index in [4.69, 9.17) is 37.9 Å². The molecule has 4 saturated heterocycles. The second-order valence-corrected chi connectivity index (χ2v) is 14.2. The van der Waals surface area contributed by atoms with E-state index < -0.39 is 122 Å². The lowest BCUT2D eigenvalue weighted by atomic mass is 9.88. The van der Waals surface area contributed by atoms with Gasteiger partial charge in [0.1, 0.15) is 61.0 Å². The molecule has 286 valence electrons. The Balaban J connectivity index is 1.46. The van der Waals surface area contributed by atoms with Crippen molar-refractivity contribution in [3.8, 4) is 0 Å². The Morgan fingerprint density at radius 1 is 0.612 bits per heavy atom. The number of aliphatic hydroxyl groups is 8. The SMILES string of the molecule is COC1C(OC2C(O)C(C)OC(OC3C(O)C(C)OC(OC4C(O)OC(C)C(O)C4O)C3O)C2O)OC(C)C(NC(=O)CC(C)(C)O)C1C. The standard InChI is InChI=1S/C31H55NO17/c1-10-16(32-15(33)9-31(6,7)41)11(2)44-30(23(10)42-8)48-25-19(36)14(5)45-28(22(25)39)47-24-18(35)13(4)46-29(21(24)38)49-26-20(37)17(34)12(3)43-27(26)40/h10-14,16-30,34-41H,9H2,1-8H3,(H,32,33). The number of hydrogen-bond acceptors (Lipinski definition) is 17. The average Bonchev–Trinajstić information content (AvgIpc) is 3.00. The molecule has 18 heteroatoms. The molecular weight excluding hydrogens is 658 g/mol. The first-order valence-electron chi connectivity index (χ1n) is 16.6. The highest BCUT2D eigenvalue weighted by Gasteiger charge is 2.54. The van der Waals surface area contributed by atoms with Gasteiger partial charge in [-0.25, -0.2) is 0 Å². The number of carbonyl (C=O) groups is 1. The molecule has 4 rings (SSSR count). The number of hydrogen-bond donors (Lipinski definition) is 9. The Kier molecular flexibility index (Phi) is 13.5. The van der Waals surface area contributed by atoms with Crippen LogP contribution in [0.5, 0.6) is 0 Å². The first kappa shape index (κ1) is 40.6. The van der Waals surface area contributed by atoms with Crippen LogP contribution in [-0.2, 0) is 42.7 Å². The van der Waals surface area contributed by atoms with Crippen molar-refractivity contribution in [1.29, 1.82) is 0 Å². The minimum atomic E-state index is -1.77. The maximum atomic E-state index is 12.6. The van der Waals surface area contributed by atoms with Gasteiger partial charge in [0, 0.05) is 13.0 Å². The molecule has 0 aromatic heterocycles. The summed E-state index contributed by atoms with van der Waals surface area (Å²) in [4.78, 5) is 12.6. The Morgan fingerprint density at radius 3 is 1.55 bits per heavy atom. The normalized spacial score (nSPS) is 49.8. The number of nitrogens with one attached hydrogen (secondary N) is 1. The van der Waals surface area contributed by atoms with Crippen LogP contribution >= 0.6 is 0 Å². The summed E-state index contributed by atoms with van der Waals surface area (Å²) in [5, 5.41) is 88.5. The zero-order valence-corrected chi connectivity index (χ0v) is 29.0. The predicted molar refractivity (Wildman–Crippen MR) is 163 cm³/mol. The molecule has 0 bridgehead atoms. The molecule has 4 aliphatic heterocycles. The maximum absolute atomic E-state index is 12.6. The van der Waals surface area contributed by atoms with Crippen molar-refractivity contribution < 1.29 is 83.5 Å². The molecule has 0 saturated carbocycles. The Bertz CT molecular complexity index is 1080. The lowest BCUT2D eigenvalue weighted by Crippen LogP contribution is -2.66. The Hall–Kier alpha value is -1.17. The van der Waals surface area contributed by atoms with Gasteiger partial charge in [0.25, 0.3) is 0 Å². The summed E-state index contributed by atoms with van der Waals surface area (Å²) in [6, 6.07) is -0.526. The minimum Gasteiger partial charge on any atom is -0.390 e. The summed E-state index contributed by atoms with van der Waals surface area (Å²) in [5.41, 5.74) is -1.22. The molecule has 4 fully saturated rings. The van der Waals surface area contributed by atoms with Crippen LogP contribution in [0.1, 0.15) is 54.9 Å². The fourth-order valence-electron chi connectivity index (χ4n) is 6.74. The molecule has 20 unspecified atom stereocenters. The number of ether oxygens (including phenoxy) is 8. The van der Waals surface area contributed by atoms with Gasteiger partial charge in [0.2, 0.25) is 5.91 Å². The zero-order valence-electron chi connectivity index (χ0n) is 29.0. The summed E-state index contributed by atoms with van der Waals surface area (Å²) in [5.74, 6) is -0.769. The molecule has 0 radical (unpaired) electrons. The molecule has 1 amide bonds. The number of methoxy groups -OCH3 is 1. The van der Waals surface area contributed by atoms with Crippen LogP contribution in [-0.4, -0.2) is 176 Å². The molecule has 49 heavy (non-hydrogen) atoms. The molecule has 0 spiro atoms. The van der Waals surface area contributed by atoms with E-state index in [1.54, 1.807) is 6.92 Å². The lowest BCUT2D eigenvalue weighted by Gasteiger charge is -2.49. The smallest absolute Gasteiger partial charge is 0.223 e. The van der Waals surface area contributed by atoms with Gasteiger partial charge < -0.3 is 84.1 Å². The van der Waals surface area contributed by atoms with E-state index >= 15 is 0 Å². The molecular formula is C31H55NO17.